The van der Waals surface area contributed by atoms with Crippen molar-refractivity contribution in [3.8, 4) is 22.5 Å². The summed E-state index contributed by atoms with van der Waals surface area (Å²) in [6, 6.07) is 24.5. The molecule has 6 nitrogen and oxygen atoms in total. The number of carbonyl (C=O) groups is 2. The quantitative estimate of drug-likeness (QED) is 0.245. The number of rotatable bonds is 9. The number of hydrogen-bond donors (Lipinski definition) is 1. The largest absolute Gasteiger partial charge is 0.481 e. The molecule has 1 N–H and O–H groups in total. The number of carboxylic acid groups (broad SMARTS) is 1. The summed E-state index contributed by atoms with van der Waals surface area (Å²) in [6.45, 7) is 0.728. The van der Waals surface area contributed by atoms with Crippen LogP contribution >= 0.6 is 0 Å². The molecule has 4 aromatic rings. The first kappa shape index (κ1) is 23.1. The lowest BCUT2D eigenvalue weighted by molar-refractivity contribution is -0.137. The maximum absolute atomic E-state index is 12.0. The molecule has 0 radical (unpaired) electrons. The number of aliphatic carboxylic acids is 1. The van der Waals surface area contributed by atoms with Crippen molar-refractivity contribution in [2.24, 2.45) is 0 Å². The molecule has 0 spiro atoms. The summed E-state index contributed by atoms with van der Waals surface area (Å²) < 4.78 is 5.28. The second-order valence-electron chi connectivity index (χ2n) is 9.84. The van der Waals surface area contributed by atoms with Crippen LogP contribution in [-0.4, -0.2) is 34.1 Å². The predicted molar refractivity (Wildman–Crippen MR) is 139 cm³/mol. The van der Waals surface area contributed by atoms with Crippen molar-refractivity contribution in [3.63, 3.8) is 0 Å². The summed E-state index contributed by atoms with van der Waals surface area (Å²) in [6.07, 6.45) is 5.19. The number of pyridine rings is 2. The summed E-state index contributed by atoms with van der Waals surface area (Å²) >= 11 is 0. The molecule has 6 heteroatoms. The highest BCUT2D eigenvalue weighted by atomic mass is 16.5. The fraction of sp³-hybridized carbons (Fsp3) is 0.226. The van der Waals surface area contributed by atoms with Crippen LogP contribution in [0.15, 0.2) is 85.2 Å². The smallest absolute Gasteiger partial charge is 0.303 e. The van der Waals surface area contributed by atoms with Crippen molar-refractivity contribution in [2.45, 2.75) is 36.5 Å². The Hall–Kier alpha value is -4.32. The number of nitrogens with zero attached hydrogens (tertiary/aromatic N) is 2. The highest BCUT2D eigenvalue weighted by Crippen LogP contribution is 2.61. The van der Waals surface area contributed by atoms with Crippen LogP contribution in [0.5, 0.6) is 0 Å². The molecule has 2 atom stereocenters. The van der Waals surface area contributed by atoms with Crippen LogP contribution in [-0.2, 0) is 25.2 Å². The van der Waals surface area contributed by atoms with Crippen LogP contribution in [0.3, 0.4) is 0 Å². The molecule has 2 aromatic heterocycles. The first-order chi connectivity index (χ1) is 18.1. The summed E-state index contributed by atoms with van der Waals surface area (Å²) in [7, 11) is 0. The second kappa shape index (κ2) is 8.96. The monoisotopic (exact) mass is 490 g/mol. The van der Waals surface area contributed by atoms with E-state index in [-0.39, 0.29) is 13.0 Å². The SMILES string of the molecule is O=COCC[C@@]1(C[C@@]2(CCC(=O)O)c3ccccc3-c3ncccc32)c2ccccc2-c2ncccc21. The molecule has 37 heavy (non-hydrogen) atoms. The Bertz CT molecular complexity index is 1420. The lowest BCUT2D eigenvalue weighted by Crippen LogP contribution is -2.39. The molecule has 2 aliphatic carbocycles. The minimum Gasteiger partial charge on any atom is -0.481 e. The fourth-order valence-corrected chi connectivity index (χ4v) is 6.73. The number of carbonyl (C=O) groups excluding carboxylic acids is 1. The molecule has 0 unspecified atom stereocenters. The van der Waals surface area contributed by atoms with E-state index in [0.717, 1.165) is 44.8 Å². The van der Waals surface area contributed by atoms with E-state index < -0.39 is 16.8 Å². The van der Waals surface area contributed by atoms with Crippen LogP contribution in [0.2, 0.25) is 0 Å². The van der Waals surface area contributed by atoms with Gasteiger partial charge in [0.15, 0.2) is 0 Å². The van der Waals surface area contributed by atoms with Gasteiger partial charge >= 0.3 is 5.97 Å². The molecular formula is C31H26N2O4. The molecule has 6 rings (SSSR count). The molecule has 2 aliphatic rings. The van der Waals surface area contributed by atoms with Gasteiger partial charge in [0.2, 0.25) is 0 Å². The number of carboxylic acids is 1. The summed E-state index contributed by atoms with van der Waals surface area (Å²) in [5.41, 5.74) is 7.12. The lowest BCUT2D eigenvalue weighted by atomic mass is 9.60. The van der Waals surface area contributed by atoms with Crippen molar-refractivity contribution in [1.29, 1.82) is 0 Å². The fourth-order valence-electron chi connectivity index (χ4n) is 6.73. The molecule has 0 saturated carbocycles. The van der Waals surface area contributed by atoms with E-state index in [1.807, 2.05) is 36.4 Å². The van der Waals surface area contributed by atoms with E-state index in [4.69, 9.17) is 14.7 Å². The first-order valence-corrected chi connectivity index (χ1v) is 12.5. The van der Waals surface area contributed by atoms with Crippen LogP contribution in [0, 0.1) is 0 Å². The Balaban J connectivity index is 1.63. The molecule has 0 bridgehead atoms. The molecule has 2 heterocycles. The van der Waals surface area contributed by atoms with Gasteiger partial charge in [-0.3, -0.25) is 19.6 Å². The molecule has 0 saturated heterocycles. The summed E-state index contributed by atoms with van der Waals surface area (Å²) in [5.74, 6) is -0.832. The van der Waals surface area contributed by atoms with Gasteiger partial charge in [-0.2, -0.15) is 0 Å². The number of hydrogen-bond acceptors (Lipinski definition) is 5. The zero-order valence-corrected chi connectivity index (χ0v) is 20.3. The van der Waals surface area contributed by atoms with E-state index in [9.17, 15) is 14.7 Å². The number of ether oxygens (including phenoxy) is 1. The molecule has 2 aromatic carbocycles. The molecule has 0 fully saturated rings. The average Bonchev–Trinajstić information content (AvgIpc) is 3.37. The number of aromatic nitrogens is 2. The standard InChI is InChI=1S/C31H26N2O4/c34-20-37-18-15-31(24-10-4-2-8-22(24)29-26(31)12-6-17-33-29)19-30(14-13-27(35)36)23-9-3-1-7-21(23)28-25(30)11-5-16-32-28/h1-12,16-17,20H,13-15,18-19H2,(H,35,36)/t30-,31+/m0/s1. The third kappa shape index (κ3) is 3.47. The summed E-state index contributed by atoms with van der Waals surface area (Å²) in [4.78, 5) is 32.7. The van der Waals surface area contributed by atoms with Crippen molar-refractivity contribution < 1.29 is 19.4 Å². The molecule has 0 aliphatic heterocycles. The first-order valence-electron chi connectivity index (χ1n) is 12.5. The normalized spacial score (nSPS) is 20.4. The van der Waals surface area contributed by atoms with Gasteiger partial charge in [0.25, 0.3) is 6.47 Å². The van der Waals surface area contributed by atoms with E-state index in [1.54, 1.807) is 12.4 Å². The Morgan fingerprint density at radius 1 is 0.757 bits per heavy atom. The zero-order chi connectivity index (χ0) is 25.5. The molecule has 0 amide bonds. The van der Waals surface area contributed by atoms with Gasteiger partial charge in [-0.15, -0.1) is 0 Å². The van der Waals surface area contributed by atoms with Crippen LogP contribution < -0.4 is 0 Å². The van der Waals surface area contributed by atoms with Crippen LogP contribution in [0.1, 0.15) is 47.9 Å². The van der Waals surface area contributed by atoms with Crippen molar-refractivity contribution >= 4 is 12.4 Å². The average molecular weight is 491 g/mol. The second-order valence-corrected chi connectivity index (χ2v) is 9.84. The Morgan fingerprint density at radius 2 is 1.27 bits per heavy atom. The Labute approximate surface area is 215 Å². The van der Waals surface area contributed by atoms with E-state index in [2.05, 4.69) is 36.4 Å². The van der Waals surface area contributed by atoms with E-state index >= 15 is 0 Å². The molecule has 184 valence electrons. The van der Waals surface area contributed by atoms with E-state index in [1.165, 1.54) is 0 Å². The highest BCUT2D eigenvalue weighted by molar-refractivity contribution is 5.82. The topological polar surface area (TPSA) is 89.4 Å². The van der Waals surface area contributed by atoms with Gasteiger partial charge in [0, 0.05) is 40.8 Å². The minimum absolute atomic E-state index is 0.0190. The maximum atomic E-state index is 12.0. The van der Waals surface area contributed by atoms with Crippen molar-refractivity contribution in [1.82, 2.24) is 9.97 Å². The van der Waals surface area contributed by atoms with Gasteiger partial charge in [-0.25, -0.2) is 0 Å². The van der Waals surface area contributed by atoms with E-state index in [0.29, 0.717) is 25.7 Å². The van der Waals surface area contributed by atoms with Crippen LogP contribution in [0.4, 0.5) is 0 Å². The van der Waals surface area contributed by atoms with Crippen molar-refractivity contribution in [3.05, 3.63) is 107 Å². The zero-order valence-electron chi connectivity index (χ0n) is 20.3. The predicted octanol–water partition coefficient (Wildman–Crippen LogP) is 5.53. The van der Waals surface area contributed by atoms with Crippen LogP contribution in [0.25, 0.3) is 22.5 Å². The number of fused-ring (bicyclic) bond motifs is 6. The lowest BCUT2D eigenvalue weighted by Gasteiger charge is -2.42. The number of benzene rings is 2. The maximum Gasteiger partial charge on any atom is 0.303 e. The molecular weight excluding hydrogens is 464 g/mol. The van der Waals surface area contributed by atoms with Crippen molar-refractivity contribution in [2.75, 3.05) is 6.61 Å². The van der Waals surface area contributed by atoms with Gasteiger partial charge in [0.05, 0.1) is 18.0 Å². The summed E-state index contributed by atoms with van der Waals surface area (Å²) in [5, 5.41) is 9.81. The minimum atomic E-state index is -0.832. The highest BCUT2D eigenvalue weighted by Gasteiger charge is 2.53. The van der Waals surface area contributed by atoms with Gasteiger partial charge in [0.1, 0.15) is 0 Å². The van der Waals surface area contributed by atoms with Gasteiger partial charge in [-0.05, 0) is 53.6 Å². The third-order valence-corrected chi connectivity index (χ3v) is 8.13. The Morgan fingerprint density at radius 3 is 1.81 bits per heavy atom. The van der Waals surface area contributed by atoms with Gasteiger partial charge in [-0.1, -0.05) is 60.7 Å². The van der Waals surface area contributed by atoms with Gasteiger partial charge < -0.3 is 9.84 Å². The third-order valence-electron chi connectivity index (χ3n) is 8.13. The Kier molecular flexibility index (Phi) is 5.60.